The number of nitrogens with two attached hydrogens (primary N) is 1. The van der Waals surface area contributed by atoms with Gasteiger partial charge in [-0.25, -0.2) is 4.79 Å². The summed E-state index contributed by atoms with van der Waals surface area (Å²) in [6.07, 6.45) is 0. The second kappa shape index (κ2) is 9.78. The predicted octanol–water partition coefficient (Wildman–Crippen LogP) is 3.90. The van der Waals surface area contributed by atoms with Gasteiger partial charge in [0.25, 0.3) is 0 Å². The number of carboxylic acids is 1. The van der Waals surface area contributed by atoms with Gasteiger partial charge in [-0.3, -0.25) is 4.79 Å². The highest BCUT2D eigenvalue weighted by Crippen LogP contribution is 2.32. The zero-order valence-corrected chi connectivity index (χ0v) is 15.6. The molecule has 3 N–H and O–H groups in total. The Labute approximate surface area is 163 Å². The molecule has 0 spiro atoms. The lowest BCUT2D eigenvalue weighted by atomic mass is 10.0. The van der Waals surface area contributed by atoms with Crippen molar-refractivity contribution in [2.24, 2.45) is 0 Å². The normalized spacial score (nSPS) is 9.64. The standard InChI is InChI=1S/C15H14O3.C7H7NO2/c1-17-13-10-6-9-12(15(13)18-2)14(16)11-7-4-3-5-8-11;8-6-4-2-1-3-5(6)7(9)10/h3-10H,1-2H3;1-4H,8H2,(H,9,10). The van der Waals surface area contributed by atoms with Crippen molar-refractivity contribution in [2.45, 2.75) is 0 Å². The smallest absolute Gasteiger partial charge is 0.337 e. The number of anilines is 1. The molecule has 3 aromatic carbocycles. The highest BCUT2D eigenvalue weighted by atomic mass is 16.5. The minimum atomic E-state index is -0.988. The first kappa shape index (κ1) is 20.5. The summed E-state index contributed by atoms with van der Waals surface area (Å²) in [6.45, 7) is 0. The number of aromatic carboxylic acids is 1. The van der Waals surface area contributed by atoms with Crippen molar-refractivity contribution < 1.29 is 24.2 Å². The number of rotatable bonds is 5. The van der Waals surface area contributed by atoms with Gasteiger partial charge in [0, 0.05) is 11.3 Å². The maximum Gasteiger partial charge on any atom is 0.337 e. The van der Waals surface area contributed by atoms with Crippen LogP contribution in [0, 0.1) is 0 Å². The van der Waals surface area contributed by atoms with Crippen LogP contribution < -0.4 is 15.2 Å². The molecule has 3 rings (SSSR count). The van der Waals surface area contributed by atoms with Crippen LogP contribution in [0.5, 0.6) is 11.5 Å². The van der Waals surface area contributed by atoms with Gasteiger partial charge in [0.2, 0.25) is 0 Å². The fourth-order valence-corrected chi connectivity index (χ4v) is 2.50. The lowest BCUT2D eigenvalue weighted by molar-refractivity contribution is 0.0698. The van der Waals surface area contributed by atoms with E-state index in [1.54, 1.807) is 55.6 Å². The molecule has 0 bridgehead atoms. The number of carbonyl (C=O) groups excluding carboxylic acids is 1. The number of hydrogen-bond acceptors (Lipinski definition) is 5. The number of carbonyl (C=O) groups is 2. The molecule has 0 radical (unpaired) electrons. The molecule has 144 valence electrons. The SMILES string of the molecule is COc1cccc(C(=O)c2ccccc2)c1OC.Nc1ccccc1C(=O)O. The first-order valence-electron chi connectivity index (χ1n) is 8.38. The largest absolute Gasteiger partial charge is 0.493 e. The molecule has 0 unspecified atom stereocenters. The van der Waals surface area contributed by atoms with Crippen molar-refractivity contribution in [2.75, 3.05) is 20.0 Å². The number of benzene rings is 3. The summed E-state index contributed by atoms with van der Waals surface area (Å²) in [5.41, 5.74) is 6.93. The van der Waals surface area contributed by atoms with E-state index >= 15 is 0 Å². The summed E-state index contributed by atoms with van der Waals surface area (Å²) >= 11 is 0. The second-order valence-electron chi connectivity index (χ2n) is 5.63. The fourth-order valence-electron chi connectivity index (χ4n) is 2.50. The maximum atomic E-state index is 12.4. The molecule has 6 heteroatoms. The molecular weight excluding hydrogens is 358 g/mol. The Morgan fingerprint density at radius 1 is 0.786 bits per heavy atom. The Bertz CT molecular complexity index is 954. The van der Waals surface area contributed by atoms with Crippen LogP contribution in [0.15, 0.2) is 72.8 Å². The molecule has 0 fully saturated rings. The van der Waals surface area contributed by atoms with Crippen LogP contribution in [0.25, 0.3) is 0 Å². The second-order valence-corrected chi connectivity index (χ2v) is 5.63. The molecule has 0 heterocycles. The van der Waals surface area contributed by atoms with Gasteiger partial charge in [0.05, 0.1) is 25.3 Å². The Morgan fingerprint density at radius 3 is 1.93 bits per heavy atom. The minimum absolute atomic E-state index is 0.0775. The zero-order chi connectivity index (χ0) is 20.5. The molecule has 0 aromatic heterocycles. The summed E-state index contributed by atoms with van der Waals surface area (Å²) in [5.74, 6) is -0.0439. The monoisotopic (exact) mass is 379 g/mol. The Kier molecular flexibility index (Phi) is 7.16. The highest BCUT2D eigenvalue weighted by molar-refractivity contribution is 6.11. The number of para-hydroxylation sites is 2. The van der Waals surface area contributed by atoms with Crippen molar-refractivity contribution in [3.05, 3.63) is 89.5 Å². The number of methoxy groups -OCH3 is 2. The number of ether oxygens (including phenoxy) is 2. The van der Waals surface area contributed by atoms with E-state index in [9.17, 15) is 9.59 Å². The van der Waals surface area contributed by atoms with Crippen molar-refractivity contribution >= 4 is 17.4 Å². The molecular formula is C22H21NO5. The topological polar surface area (TPSA) is 98.9 Å². The third-order valence-corrected chi connectivity index (χ3v) is 3.87. The third-order valence-electron chi connectivity index (χ3n) is 3.87. The first-order chi connectivity index (χ1) is 13.5. The molecule has 0 atom stereocenters. The molecule has 3 aromatic rings. The summed E-state index contributed by atoms with van der Waals surface area (Å²) in [5, 5.41) is 8.49. The predicted molar refractivity (Wildman–Crippen MR) is 107 cm³/mol. The van der Waals surface area contributed by atoms with Crippen LogP contribution in [0.2, 0.25) is 0 Å². The molecule has 0 saturated carbocycles. The van der Waals surface area contributed by atoms with E-state index in [0.29, 0.717) is 28.3 Å². The third kappa shape index (κ3) is 4.88. The molecule has 0 amide bonds. The van der Waals surface area contributed by atoms with Gasteiger partial charge >= 0.3 is 5.97 Å². The summed E-state index contributed by atoms with van der Waals surface area (Å²) < 4.78 is 10.4. The summed E-state index contributed by atoms with van der Waals surface area (Å²) in [6, 6.07) is 20.7. The van der Waals surface area contributed by atoms with Crippen molar-refractivity contribution in [3.8, 4) is 11.5 Å². The number of hydrogen-bond donors (Lipinski definition) is 2. The van der Waals surface area contributed by atoms with Crippen LogP contribution in [-0.4, -0.2) is 31.1 Å². The van der Waals surface area contributed by atoms with Gasteiger partial charge in [0.15, 0.2) is 17.3 Å². The Morgan fingerprint density at radius 2 is 1.39 bits per heavy atom. The fraction of sp³-hybridized carbons (Fsp3) is 0.0909. The van der Waals surface area contributed by atoms with E-state index in [1.807, 2.05) is 18.2 Å². The first-order valence-corrected chi connectivity index (χ1v) is 8.38. The average Bonchev–Trinajstić information content (AvgIpc) is 2.73. The van der Waals surface area contributed by atoms with Crippen LogP contribution in [-0.2, 0) is 0 Å². The number of ketones is 1. The highest BCUT2D eigenvalue weighted by Gasteiger charge is 2.17. The maximum absolute atomic E-state index is 12.4. The quantitative estimate of drug-likeness (QED) is 0.515. The van der Waals surface area contributed by atoms with Gasteiger partial charge in [-0.1, -0.05) is 48.5 Å². The van der Waals surface area contributed by atoms with Crippen molar-refractivity contribution in [3.63, 3.8) is 0 Å². The zero-order valence-electron chi connectivity index (χ0n) is 15.6. The molecule has 0 aliphatic heterocycles. The lowest BCUT2D eigenvalue weighted by Gasteiger charge is -2.11. The van der Waals surface area contributed by atoms with Crippen molar-refractivity contribution in [1.82, 2.24) is 0 Å². The van der Waals surface area contributed by atoms with E-state index in [-0.39, 0.29) is 11.3 Å². The van der Waals surface area contributed by atoms with Gasteiger partial charge in [0.1, 0.15) is 0 Å². The Hall–Kier alpha value is -3.80. The van der Waals surface area contributed by atoms with Gasteiger partial charge in [-0.15, -0.1) is 0 Å². The summed E-state index contributed by atoms with van der Waals surface area (Å²) in [7, 11) is 3.08. The van der Waals surface area contributed by atoms with Gasteiger partial charge in [-0.05, 0) is 24.3 Å². The van der Waals surface area contributed by atoms with Crippen LogP contribution in [0.4, 0.5) is 5.69 Å². The van der Waals surface area contributed by atoms with Gasteiger partial charge < -0.3 is 20.3 Å². The van der Waals surface area contributed by atoms with Gasteiger partial charge in [-0.2, -0.15) is 0 Å². The lowest BCUT2D eigenvalue weighted by Crippen LogP contribution is -2.04. The van der Waals surface area contributed by atoms with E-state index in [4.69, 9.17) is 20.3 Å². The average molecular weight is 379 g/mol. The molecule has 28 heavy (non-hydrogen) atoms. The van der Waals surface area contributed by atoms with E-state index in [1.165, 1.54) is 13.2 Å². The van der Waals surface area contributed by atoms with Crippen LogP contribution in [0.1, 0.15) is 26.3 Å². The van der Waals surface area contributed by atoms with E-state index in [2.05, 4.69) is 0 Å². The summed E-state index contributed by atoms with van der Waals surface area (Å²) in [4.78, 5) is 22.7. The number of carboxylic acid groups (broad SMARTS) is 1. The van der Waals surface area contributed by atoms with E-state index in [0.717, 1.165) is 0 Å². The van der Waals surface area contributed by atoms with Crippen LogP contribution in [0.3, 0.4) is 0 Å². The van der Waals surface area contributed by atoms with Crippen LogP contribution >= 0.6 is 0 Å². The van der Waals surface area contributed by atoms with Crippen molar-refractivity contribution in [1.29, 1.82) is 0 Å². The molecule has 0 aliphatic carbocycles. The Balaban J connectivity index is 0.000000237. The molecule has 0 saturated heterocycles. The number of nitrogen functional groups attached to an aromatic ring is 1. The minimum Gasteiger partial charge on any atom is -0.493 e. The molecule has 0 aliphatic rings. The molecule has 6 nitrogen and oxygen atoms in total. The van der Waals surface area contributed by atoms with E-state index < -0.39 is 5.97 Å².